The molecule has 2 aromatic rings. The second-order valence-electron chi connectivity index (χ2n) is 3.23. The minimum absolute atomic E-state index is 0.624. The van der Waals surface area contributed by atoms with Crippen LogP contribution in [0.3, 0.4) is 0 Å². The molecule has 0 aromatic carbocycles. The van der Waals surface area contributed by atoms with Gasteiger partial charge in [0.05, 0.1) is 0 Å². The van der Waals surface area contributed by atoms with Crippen LogP contribution in [0.4, 0.5) is 0 Å². The van der Waals surface area contributed by atoms with Gasteiger partial charge in [-0.15, -0.1) is 22.7 Å². The van der Waals surface area contributed by atoms with Crippen LogP contribution in [-0.4, -0.2) is 4.98 Å². The summed E-state index contributed by atoms with van der Waals surface area (Å²) in [4.78, 5) is 5.72. The fraction of sp³-hybridized carbons (Fsp3) is 0.300. The molecule has 0 saturated carbocycles. The number of hydrogen-bond donors (Lipinski definition) is 0. The highest BCUT2D eigenvalue weighted by Crippen LogP contribution is 2.30. The van der Waals surface area contributed by atoms with E-state index in [0.29, 0.717) is 5.92 Å². The van der Waals surface area contributed by atoms with E-state index < -0.39 is 0 Å². The van der Waals surface area contributed by atoms with Gasteiger partial charge in [0.25, 0.3) is 0 Å². The Bertz CT molecular complexity index is 373. The summed E-state index contributed by atoms with van der Waals surface area (Å²) in [6.45, 7) is 4.44. The summed E-state index contributed by atoms with van der Waals surface area (Å²) in [7, 11) is 0. The molecule has 0 radical (unpaired) electrons. The average molecular weight is 209 g/mol. The molecular weight excluding hydrogens is 198 g/mol. The van der Waals surface area contributed by atoms with E-state index in [-0.39, 0.29) is 0 Å². The van der Waals surface area contributed by atoms with E-state index in [1.165, 1.54) is 10.4 Å². The minimum atomic E-state index is 0.624. The van der Waals surface area contributed by atoms with E-state index in [2.05, 4.69) is 30.3 Å². The Kier molecular flexibility index (Phi) is 2.47. The monoisotopic (exact) mass is 209 g/mol. The molecule has 13 heavy (non-hydrogen) atoms. The SMILES string of the molecule is CC(C)c1cc(-c2nccs2)cs1. The molecule has 0 saturated heterocycles. The fourth-order valence-corrected chi connectivity index (χ4v) is 2.74. The molecule has 2 heterocycles. The first kappa shape index (κ1) is 8.91. The molecule has 0 aliphatic carbocycles. The molecule has 0 aliphatic rings. The summed E-state index contributed by atoms with van der Waals surface area (Å²) >= 11 is 3.52. The van der Waals surface area contributed by atoms with Crippen molar-refractivity contribution in [1.29, 1.82) is 0 Å². The minimum Gasteiger partial charge on any atom is -0.245 e. The van der Waals surface area contributed by atoms with Gasteiger partial charge in [0, 0.05) is 27.4 Å². The lowest BCUT2D eigenvalue weighted by molar-refractivity contribution is 0.890. The molecule has 0 N–H and O–H groups in total. The molecule has 0 fully saturated rings. The van der Waals surface area contributed by atoms with Crippen LogP contribution in [0.25, 0.3) is 10.6 Å². The van der Waals surface area contributed by atoms with Crippen molar-refractivity contribution >= 4 is 22.7 Å². The lowest BCUT2D eigenvalue weighted by Crippen LogP contribution is -1.78. The summed E-state index contributed by atoms with van der Waals surface area (Å²) in [6, 6.07) is 2.24. The molecule has 0 unspecified atom stereocenters. The van der Waals surface area contributed by atoms with Crippen LogP contribution in [0.2, 0.25) is 0 Å². The number of aromatic nitrogens is 1. The van der Waals surface area contributed by atoms with Crippen molar-refractivity contribution in [3.8, 4) is 10.6 Å². The molecule has 2 rings (SSSR count). The quantitative estimate of drug-likeness (QED) is 0.728. The van der Waals surface area contributed by atoms with Gasteiger partial charge >= 0.3 is 0 Å². The van der Waals surface area contributed by atoms with Crippen molar-refractivity contribution in [3.05, 3.63) is 27.9 Å². The van der Waals surface area contributed by atoms with Gasteiger partial charge in [-0.1, -0.05) is 13.8 Å². The Hall–Kier alpha value is -0.670. The molecule has 0 aliphatic heterocycles. The zero-order valence-corrected chi connectivity index (χ0v) is 9.28. The van der Waals surface area contributed by atoms with Gasteiger partial charge in [0.2, 0.25) is 0 Å². The Balaban J connectivity index is 2.33. The maximum atomic E-state index is 4.28. The van der Waals surface area contributed by atoms with Gasteiger partial charge in [0.1, 0.15) is 5.01 Å². The summed E-state index contributed by atoms with van der Waals surface area (Å²) < 4.78 is 0. The van der Waals surface area contributed by atoms with Crippen LogP contribution >= 0.6 is 22.7 Å². The highest BCUT2D eigenvalue weighted by atomic mass is 32.1. The zero-order chi connectivity index (χ0) is 9.26. The van der Waals surface area contributed by atoms with Crippen molar-refractivity contribution in [1.82, 2.24) is 4.98 Å². The molecule has 2 aromatic heterocycles. The van der Waals surface area contributed by atoms with Gasteiger partial charge in [-0.3, -0.25) is 0 Å². The number of thiazole rings is 1. The van der Waals surface area contributed by atoms with Crippen molar-refractivity contribution in [2.45, 2.75) is 19.8 Å². The van der Waals surface area contributed by atoms with Crippen molar-refractivity contribution in [3.63, 3.8) is 0 Å². The Morgan fingerprint density at radius 2 is 2.15 bits per heavy atom. The third-order valence-corrected chi connectivity index (χ3v) is 3.92. The lowest BCUT2D eigenvalue weighted by atomic mass is 10.1. The van der Waals surface area contributed by atoms with Gasteiger partial charge in [0.15, 0.2) is 0 Å². The average Bonchev–Trinajstić information content (AvgIpc) is 2.75. The normalized spacial score (nSPS) is 11.0. The van der Waals surface area contributed by atoms with Crippen molar-refractivity contribution in [2.75, 3.05) is 0 Å². The Morgan fingerprint density at radius 1 is 1.31 bits per heavy atom. The number of nitrogens with zero attached hydrogens (tertiary/aromatic N) is 1. The van der Waals surface area contributed by atoms with Crippen LogP contribution in [0.15, 0.2) is 23.0 Å². The van der Waals surface area contributed by atoms with E-state index in [9.17, 15) is 0 Å². The number of rotatable bonds is 2. The van der Waals surface area contributed by atoms with Crippen LogP contribution < -0.4 is 0 Å². The summed E-state index contributed by atoms with van der Waals surface area (Å²) in [6.07, 6.45) is 1.85. The molecule has 68 valence electrons. The molecule has 0 amide bonds. The maximum absolute atomic E-state index is 4.28. The van der Waals surface area contributed by atoms with Crippen LogP contribution in [0.1, 0.15) is 24.6 Å². The first-order valence-corrected chi connectivity index (χ1v) is 6.01. The van der Waals surface area contributed by atoms with Crippen LogP contribution in [0, 0.1) is 0 Å². The molecule has 0 spiro atoms. The summed E-state index contributed by atoms with van der Waals surface area (Å²) in [5.74, 6) is 0.624. The first-order valence-electron chi connectivity index (χ1n) is 4.25. The van der Waals surface area contributed by atoms with E-state index in [1.807, 2.05) is 22.9 Å². The first-order chi connectivity index (χ1) is 6.27. The largest absolute Gasteiger partial charge is 0.245 e. The second kappa shape index (κ2) is 3.60. The smallest absolute Gasteiger partial charge is 0.124 e. The molecule has 1 nitrogen and oxygen atoms in total. The standard InChI is InChI=1S/C10H11NS2/c1-7(2)9-5-8(6-13-9)10-11-3-4-12-10/h3-7H,1-2H3. The number of thiophene rings is 1. The zero-order valence-electron chi connectivity index (χ0n) is 7.65. The van der Waals surface area contributed by atoms with E-state index in [0.717, 1.165) is 5.01 Å². The predicted octanol–water partition coefficient (Wildman–Crippen LogP) is 4.00. The van der Waals surface area contributed by atoms with Crippen LogP contribution in [-0.2, 0) is 0 Å². The second-order valence-corrected chi connectivity index (χ2v) is 5.07. The highest BCUT2D eigenvalue weighted by molar-refractivity contribution is 7.14. The third kappa shape index (κ3) is 1.81. The lowest BCUT2D eigenvalue weighted by Gasteiger charge is -1.96. The summed E-state index contributed by atoms with van der Waals surface area (Å²) in [5.41, 5.74) is 1.27. The van der Waals surface area contributed by atoms with E-state index in [1.54, 1.807) is 11.3 Å². The van der Waals surface area contributed by atoms with E-state index in [4.69, 9.17) is 0 Å². The van der Waals surface area contributed by atoms with Crippen LogP contribution in [0.5, 0.6) is 0 Å². The predicted molar refractivity (Wildman–Crippen MR) is 59.5 cm³/mol. The van der Waals surface area contributed by atoms with Gasteiger partial charge in [-0.25, -0.2) is 4.98 Å². The highest BCUT2D eigenvalue weighted by Gasteiger charge is 2.06. The Morgan fingerprint density at radius 3 is 2.69 bits per heavy atom. The topological polar surface area (TPSA) is 12.9 Å². The van der Waals surface area contributed by atoms with Gasteiger partial charge in [-0.2, -0.15) is 0 Å². The third-order valence-electron chi connectivity index (χ3n) is 1.87. The van der Waals surface area contributed by atoms with E-state index >= 15 is 0 Å². The number of hydrogen-bond acceptors (Lipinski definition) is 3. The molecule has 0 atom stereocenters. The van der Waals surface area contributed by atoms with Crippen molar-refractivity contribution < 1.29 is 0 Å². The molecule has 3 heteroatoms. The molecular formula is C10H11NS2. The Labute approximate surface area is 86.1 Å². The van der Waals surface area contributed by atoms with Crippen molar-refractivity contribution in [2.24, 2.45) is 0 Å². The summed E-state index contributed by atoms with van der Waals surface area (Å²) in [5, 5.41) is 5.33. The van der Waals surface area contributed by atoms with Gasteiger partial charge < -0.3 is 0 Å². The van der Waals surface area contributed by atoms with Gasteiger partial charge in [-0.05, 0) is 12.0 Å². The molecule has 0 bridgehead atoms. The maximum Gasteiger partial charge on any atom is 0.124 e. The fourth-order valence-electron chi connectivity index (χ4n) is 1.13.